The predicted octanol–water partition coefficient (Wildman–Crippen LogP) is 3.45. The van der Waals surface area contributed by atoms with E-state index in [1.54, 1.807) is 24.3 Å². The van der Waals surface area contributed by atoms with Gasteiger partial charge >= 0.3 is 5.97 Å². The van der Waals surface area contributed by atoms with E-state index in [1.165, 1.54) is 18.2 Å². The van der Waals surface area contributed by atoms with Crippen LogP contribution in [0.25, 0.3) is 0 Å². The highest BCUT2D eigenvalue weighted by molar-refractivity contribution is 5.71. The van der Waals surface area contributed by atoms with Crippen molar-refractivity contribution in [2.45, 2.75) is 12.8 Å². The number of nitrogens with zero attached hydrogens (tertiary/aromatic N) is 2. The lowest BCUT2D eigenvalue weighted by atomic mass is 10.2. The molecule has 0 unspecified atom stereocenters. The number of nitro benzene ring substituents is 1. The van der Waals surface area contributed by atoms with E-state index in [2.05, 4.69) is 5.32 Å². The Balaban J connectivity index is 2.03. The molecule has 0 heterocycles. The first kappa shape index (κ1) is 17.7. The zero-order valence-electron chi connectivity index (χ0n) is 13.1. The van der Waals surface area contributed by atoms with Crippen molar-refractivity contribution in [2.75, 3.05) is 11.9 Å². The summed E-state index contributed by atoms with van der Waals surface area (Å²) < 4.78 is 5.42. The molecule has 0 amide bonds. The van der Waals surface area contributed by atoms with Gasteiger partial charge in [0.15, 0.2) is 0 Å². The number of hydrogen-bond acceptors (Lipinski definition) is 6. The molecule has 0 spiro atoms. The van der Waals surface area contributed by atoms with Gasteiger partial charge in [0.25, 0.3) is 5.69 Å². The summed E-state index contributed by atoms with van der Waals surface area (Å²) in [5.41, 5.74) is 0.917. The van der Waals surface area contributed by atoms with Gasteiger partial charge in [-0.15, -0.1) is 0 Å². The average molecular weight is 341 g/mol. The van der Waals surface area contributed by atoms with E-state index in [0.717, 1.165) is 0 Å². The van der Waals surface area contributed by atoms with Crippen LogP contribution in [0, 0.1) is 21.4 Å². The van der Waals surface area contributed by atoms with E-state index in [0.29, 0.717) is 24.5 Å². The number of hydrogen-bond donors (Lipinski definition) is 2. The number of carbonyl (C=O) groups is 1. The summed E-state index contributed by atoms with van der Waals surface area (Å²) in [7, 11) is 0. The summed E-state index contributed by atoms with van der Waals surface area (Å²) in [5, 5.41) is 31.4. The van der Waals surface area contributed by atoms with Crippen molar-refractivity contribution in [2.24, 2.45) is 0 Å². The fourth-order valence-corrected chi connectivity index (χ4v) is 2.06. The van der Waals surface area contributed by atoms with Crippen LogP contribution in [0.1, 0.15) is 18.4 Å². The van der Waals surface area contributed by atoms with Crippen molar-refractivity contribution in [3.8, 4) is 11.8 Å². The molecule has 0 bridgehead atoms. The third-order valence-electron chi connectivity index (χ3n) is 3.26. The van der Waals surface area contributed by atoms with Crippen LogP contribution in [0.4, 0.5) is 17.1 Å². The number of rotatable bonds is 8. The quantitative estimate of drug-likeness (QED) is 0.428. The summed E-state index contributed by atoms with van der Waals surface area (Å²) in [6.07, 6.45) is 0.453. The highest BCUT2D eigenvalue weighted by Gasteiger charge is 2.14. The molecule has 0 saturated carbocycles. The van der Waals surface area contributed by atoms with Crippen molar-refractivity contribution in [3.63, 3.8) is 0 Å². The average Bonchev–Trinajstić information content (AvgIpc) is 2.60. The second kappa shape index (κ2) is 8.31. The molecule has 128 valence electrons. The van der Waals surface area contributed by atoms with Crippen LogP contribution in [-0.2, 0) is 4.79 Å². The Kier molecular flexibility index (Phi) is 5.90. The number of carboxylic acids is 1. The van der Waals surface area contributed by atoms with Crippen LogP contribution in [0.5, 0.6) is 5.75 Å². The molecule has 0 aliphatic carbocycles. The van der Waals surface area contributed by atoms with E-state index in [4.69, 9.17) is 15.1 Å². The zero-order valence-corrected chi connectivity index (χ0v) is 13.1. The Morgan fingerprint density at radius 1 is 1.28 bits per heavy atom. The molecular formula is C17H15N3O5. The van der Waals surface area contributed by atoms with E-state index in [1.807, 2.05) is 6.07 Å². The second-order valence-corrected chi connectivity index (χ2v) is 5.10. The number of nitriles is 1. The van der Waals surface area contributed by atoms with Gasteiger partial charge in [-0.3, -0.25) is 14.9 Å². The maximum atomic E-state index is 11.1. The second-order valence-electron chi connectivity index (χ2n) is 5.10. The van der Waals surface area contributed by atoms with Gasteiger partial charge in [-0.05, 0) is 42.8 Å². The highest BCUT2D eigenvalue weighted by Crippen LogP contribution is 2.29. The fraction of sp³-hybridized carbons (Fsp3) is 0.176. The van der Waals surface area contributed by atoms with Gasteiger partial charge in [0.2, 0.25) is 0 Å². The van der Waals surface area contributed by atoms with Crippen molar-refractivity contribution in [1.29, 1.82) is 5.26 Å². The summed E-state index contributed by atoms with van der Waals surface area (Å²) in [6.45, 7) is 0.292. The lowest BCUT2D eigenvalue weighted by Gasteiger charge is -2.09. The molecule has 2 N–H and O–H groups in total. The van der Waals surface area contributed by atoms with E-state index >= 15 is 0 Å². The van der Waals surface area contributed by atoms with Gasteiger partial charge in [-0.2, -0.15) is 5.26 Å². The number of aliphatic carboxylic acids is 1. The molecule has 0 fully saturated rings. The third-order valence-corrected chi connectivity index (χ3v) is 3.26. The molecule has 25 heavy (non-hydrogen) atoms. The van der Waals surface area contributed by atoms with Gasteiger partial charge < -0.3 is 15.2 Å². The first-order valence-electron chi connectivity index (χ1n) is 7.40. The molecule has 2 rings (SSSR count). The summed E-state index contributed by atoms with van der Waals surface area (Å²) in [5.74, 6) is -0.294. The fourth-order valence-electron chi connectivity index (χ4n) is 2.06. The van der Waals surface area contributed by atoms with E-state index in [9.17, 15) is 14.9 Å². The minimum atomic E-state index is -0.868. The summed E-state index contributed by atoms with van der Waals surface area (Å²) >= 11 is 0. The van der Waals surface area contributed by atoms with E-state index < -0.39 is 10.9 Å². The maximum absolute atomic E-state index is 11.1. The SMILES string of the molecule is N#Cc1ccc(Nc2ccc(OCCCC(=O)O)cc2)c([N+](=O)[O-])c1. The van der Waals surface area contributed by atoms with Crippen molar-refractivity contribution < 1.29 is 19.6 Å². The van der Waals surface area contributed by atoms with Gasteiger partial charge in [0.05, 0.1) is 23.2 Å². The molecule has 8 heteroatoms. The van der Waals surface area contributed by atoms with Gasteiger partial charge in [-0.1, -0.05) is 0 Å². The molecule has 0 atom stereocenters. The standard InChI is InChI=1S/C17H15N3O5/c18-11-12-3-8-15(16(10-12)20(23)24)19-13-4-6-14(7-5-13)25-9-1-2-17(21)22/h3-8,10,19H,1-2,9H2,(H,21,22). The number of benzene rings is 2. The first-order chi connectivity index (χ1) is 12.0. The summed E-state index contributed by atoms with van der Waals surface area (Å²) in [4.78, 5) is 21.0. The van der Waals surface area contributed by atoms with Crippen molar-refractivity contribution in [3.05, 3.63) is 58.1 Å². The highest BCUT2D eigenvalue weighted by atomic mass is 16.6. The molecule has 0 saturated heterocycles. The van der Waals surface area contributed by atoms with Crippen molar-refractivity contribution in [1.82, 2.24) is 0 Å². The molecule has 8 nitrogen and oxygen atoms in total. The number of nitrogens with one attached hydrogen (secondary N) is 1. The molecular weight excluding hydrogens is 326 g/mol. The van der Waals surface area contributed by atoms with Crippen LogP contribution >= 0.6 is 0 Å². The third kappa shape index (κ3) is 5.21. The Morgan fingerprint density at radius 2 is 2.00 bits per heavy atom. The van der Waals surface area contributed by atoms with Crippen molar-refractivity contribution >= 4 is 23.0 Å². The van der Waals surface area contributed by atoms with Gasteiger partial charge in [0, 0.05) is 18.2 Å². The number of nitro groups is 1. The lowest BCUT2D eigenvalue weighted by molar-refractivity contribution is -0.383. The summed E-state index contributed by atoms with van der Waals surface area (Å²) in [6, 6.07) is 12.8. The molecule has 0 aliphatic rings. The largest absolute Gasteiger partial charge is 0.494 e. The Morgan fingerprint density at radius 3 is 2.60 bits per heavy atom. The zero-order chi connectivity index (χ0) is 18.2. The van der Waals surface area contributed by atoms with E-state index in [-0.39, 0.29) is 23.4 Å². The van der Waals surface area contributed by atoms with Crippen LogP contribution < -0.4 is 10.1 Å². The maximum Gasteiger partial charge on any atom is 0.303 e. The monoisotopic (exact) mass is 341 g/mol. The molecule has 2 aromatic carbocycles. The van der Waals surface area contributed by atoms with Crippen LogP contribution in [0.2, 0.25) is 0 Å². The first-order valence-corrected chi connectivity index (χ1v) is 7.40. The lowest BCUT2D eigenvalue weighted by Crippen LogP contribution is -2.02. The Labute approximate surface area is 143 Å². The molecule has 0 aromatic heterocycles. The Hall–Kier alpha value is -3.60. The number of ether oxygens (including phenoxy) is 1. The predicted molar refractivity (Wildman–Crippen MR) is 89.9 cm³/mol. The minimum Gasteiger partial charge on any atom is -0.494 e. The van der Waals surface area contributed by atoms with Crippen LogP contribution in [-0.4, -0.2) is 22.6 Å². The normalized spacial score (nSPS) is 9.88. The number of anilines is 2. The Bertz CT molecular complexity index is 812. The minimum absolute atomic E-state index is 0.0436. The van der Waals surface area contributed by atoms with Gasteiger partial charge in [0.1, 0.15) is 11.4 Å². The smallest absolute Gasteiger partial charge is 0.303 e. The van der Waals surface area contributed by atoms with Crippen LogP contribution in [0.15, 0.2) is 42.5 Å². The molecule has 0 radical (unpaired) electrons. The molecule has 0 aliphatic heterocycles. The molecule has 2 aromatic rings. The van der Waals surface area contributed by atoms with Crippen LogP contribution in [0.3, 0.4) is 0 Å². The number of carboxylic acid groups (broad SMARTS) is 1. The van der Waals surface area contributed by atoms with Gasteiger partial charge in [-0.25, -0.2) is 0 Å². The topological polar surface area (TPSA) is 125 Å².